The maximum Gasteiger partial charge on any atom is 0.226 e. The molecule has 0 amide bonds. The zero-order chi connectivity index (χ0) is 12.8. The molecule has 2 heterocycles. The van der Waals surface area contributed by atoms with Gasteiger partial charge >= 0.3 is 0 Å². The highest BCUT2D eigenvalue weighted by Crippen LogP contribution is 2.15. The summed E-state index contributed by atoms with van der Waals surface area (Å²) in [6.07, 6.45) is 4.14. The quantitative estimate of drug-likeness (QED) is 0.862. The maximum absolute atomic E-state index is 8.87. The van der Waals surface area contributed by atoms with Gasteiger partial charge in [0.05, 0.1) is 0 Å². The fourth-order valence-electron chi connectivity index (χ4n) is 2.31. The van der Waals surface area contributed by atoms with Crippen molar-refractivity contribution in [2.24, 2.45) is 5.92 Å². The van der Waals surface area contributed by atoms with Gasteiger partial charge in [-0.1, -0.05) is 0 Å². The molecular weight excluding hydrogens is 226 g/mol. The number of nitrogens with one attached hydrogen (secondary N) is 1. The van der Waals surface area contributed by atoms with Gasteiger partial charge in [0.15, 0.2) is 0 Å². The van der Waals surface area contributed by atoms with Crippen molar-refractivity contribution < 1.29 is 0 Å². The lowest BCUT2D eigenvalue weighted by Crippen LogP contribution is -2.39. The van der Waals surface area contributed by atoms with Crippen LogP contribution in [0.2, 0.25) is 0 Å². The number of hydrogen-bond donors (Lipinski definition) is 1. The molecule has 1 N–H and O–H groups in total. The smallest absolute Gasteiger partial charge is 0.226 e. The van der Waals surface area contributed by atoms with E-state index < -0.39 is 0 Å². The van der Waals surface area contributed by atoms with E-state index in [-0.39, 0.29) is 0 Å². The molecule has 5 nitrogen and oxygen atoms in total. The standard InChI is InChI=1S/C13H19N5/c1-2-18(10-11-4-3-6-15-9-11)13-16-7-5-12(8-14)17-13/h5,7,11,15H,2-4,6,9-10H2,1H3. The number of hydrogen-bond acceptors (Lipinski definition) is 5. The molecule has 0 radical (unpaired) electrons. The van der Waals surface area contributed by atoms with E-state index in [4.69, 9.17) is 5.26 Å². The molecule has 1 aliphatic rings. The highest BCUT2D eigenvalue weighted by atomic mass is 15.2. The summed E-state index contributed by atoms with van der Waals surface area (Å²) in [5, 5.41) is 12.3. The summed E-state index contributed by atoms with van der Waals surface area (Å²) in [5.41, 5.74) is 0.431. The first kappa shape index (κ1) is 12.8. The van der Waals surface area contributed by atoms with Crippen molar-refractivity contribution in [2.45, 2.75) is 19.8 Å². The van der Waals surface area contributed by atoms with Gasteiger partial charge in [-0.2, -0.15) is 5.26 Å². The van der Waals surface area contributed by atoms with Gasteiger partial charge in [-0.3, -0.25) is 0 Å². The molecule has 1 atom stereocenters. The van der Waals surface area contributed by atoms with Crippen molar-refractivity contribution in [3.05, 3.63) is 18.0 Å². The number of rotatable bonds is 4. The summed E-state index contributed by atoms with van der Waals surface area (Å²) < 4.78 is 0. The van der Waals surface area contributed by atoms with Gasteiger partial charge in [0.1, 0.15) is 11.8 Å². The molecule has 0 aromatic carbocycles. The normalized spacial score (nSPS) is 19.2. The van der Waals surface area contributed by atoms with Crippen LogP contribution < -0.4 is 10.2 Å². The van der Waals surface area contributed by atoms with Crippen LogP contribution in [-0.4, -0.2) is 36.1 Å². The first-order valence-corrected chi connectivity index (χ1v) is 6.52. The van der Waals surface area contributed by atoms with E-state index >= 15 is 0 Å². The molecule has 1 aliphatic heterocycles. The van der Waals surface area contributed by atoms with Gasteiger partial charge in [-0.25, -0.2) is 9.97 Å². The van der Waals surface area contributed by atoms with Crippen LogP contribution in [0.1, 0.15) is 25.5 Å². The molecule has 1 aromatic heterocycles. The second kappa shape index (κ2) is 6.31. The molecule has 0 spiro atoms. The number of anilines is 1. The Labute approximate surface area is 108 Å². The molecule has 18 heavy (non-hydrogen) atoms. The van der Waals surface area contributed by atoms with Crippen molar-refractivity contribution in [3.63, 3.8) is 0 Å². The predicted octanol–water partition coefficient (Wildman–Crippen LogP) is 1.17. The Morgan fingerprint density at radius 3 is 3.17 bits per heavy atom. The second-order valence-corrected chi connectivity index (χ2v) is 4.60. The fraction of sp³-hybridized carbons (Fsp3) is 0.615. The molecule has 0 saturated carbocycles. The van der Waals surface area contributed by atoms with Crippen molar-refractivity contribution in [1.82, 2.24) is 15.3 Å². The minimum atomic E-state index is 0.431. The first-order chi connectivity index (χ1) is 8.83. The van der Waals surface area contributed by atoms with Crippen LogP contribution >= 0.6 is 0 Å². The maximum atomic E-state index is 8.87. The Balaban J connectivity index is 2.05. The molecule has 1 fully saturated rings. The molecule has 2 rings (SSSR count). The van der Waals surface area contributed by atoms with Crippen LogP contribution in [0, 0.1) is 17.2 Å². The van der Waals surface area contributed by atoms with Gasteiger partial charge in [-0.15, -0.1) is 0 Å². The molecule has 1 unspecified atom stereocenters. The second-order valence-electron chi connectivity index (χ2n) is 4.60. The Morgan fingerprint density at radius 1 is 1.61 bits per heavy atom. The van der Waals surface area contributed by atoms with Crippen molar-refractivity contribution in [1.29, 1.82) is 5.26 Å². The molecule has 96 valence electrons. The molecular formula is C13H19N5. The van der Waals surface area contributed by atoms with Gasteiger partial charge in [0.2, 0.25) is 5.95 Å². The van der Waals surface area contributed by atoms with Gasteiger partial charge in [-0.05, 0) is 44.8 Å². The van der Waals surface area contributed by atoms with Crippen LogP contribution in [0.15, 0.2) is 12.3 Å². The van der Waals surface area contributed by atoms with E-state index in [1.165, 1.54) is 12.8 Å². The third kappa shape index (κ3) is 3.17. The minimum absolute atomic E-state index is 0.431. The van der Waals surface area contributed by atoms with Crippen LogP contribution in [0.4, 0.5) is 5.95 Å². The summed E-state index contributed by atoms with van der Waals surface area (Å²) in [6.45, 7) is 6.11. The van der Waals surface area contributed by atoms with Gasteiger partial charge in [0.25, 0.3) is 0 Å². The van der Waals surface area contributed by atoms with Crippen LogP contribution in [0.25, 0.3) is 0 Å². The van der Waals surface area contributed by atoms with E-state index in [1.54, 1.807) is 12.3 Å². The summed E-state index contributed by atoms with van der Waals surface area (Å²) in [4.78, 5) is 10.7. The average molecular weight is 245 g/mol. The van der Waals surface area contributed by atoms with Gasteiger partial charge < -0.3 is 10.2 Å². The monoisotopic (exact) mass is 245 g/mol. The average Bonchev–Trinajstić information content (AvgIpc) is 2.46. The zero-order valence-corrected chi connectivity index (χ0v) is 10.8. The largest absolute Gasteiger partial charge is 0.341 e. The molecule has 0 aliphatic carbocycles. The van der Waals surface area contributed by atoms with E-state index in [0.29, 0.717) is 17.6 Å². The molecule has 1 saturated heterocycles. The molecule has 0 bridgehead atoms. The van der Waals surface area contributed by atoms with Crippen LogP contribution in [0.3, 0.4) is 0 Å². The van der Waals surface area contributed by atoms with Gasteiger partial charge in [0, 0.05) is 19.3 Å². The number of aromatic nitrogens is 2. The Bertz CT molecular complexity index is 420. The lowest BCUT2D eigenvalue weighted by molar-refractivity contribution is 0.376. The Kier molecular flexibility index (Phi) is 4.48. The number of piperidine rings is 1. The van der Waals surface area contributed by atoms with E-state index in [2.05, 4.69) is 33.2 Å². The van der Waals surface area contributed by atoms with Crippen molar-refractivity contribution in [2.75, 3.05) is 31.1 Å². The highest BCUT2D eigenvalue weighted by Gasteiger charge is 2.18. The topological polar surface area (TPSA) is 64.8 Å². The van der Waals surface area contributed by atoms with E-state index in [9.17, 15) is 0 Å². The van der Waals surface area contributed by atoms with Crippen molar-refractivity contribution in [3.8, 4) is 6.07 Å². The highest BCUT2D eigenvalue weighted by molar-refractivity contribution is 5.33. The number of nitriles is 1. The first-order valence-electron chi connectivity index (χ1n) is 6.52. The van der Waals surface area contributed by atoms with E-state index in [1.807, 2.05) is 0 Å². The SMILES string of the molecule is CCN(CC1CCCNC1)c1nccc(C#N)n1. The summed E-state index contributed by atoms with van der Waals surface area (Å²) in [6, 6.07) is 3.70. The third-order valence-corrected chi connectivity index (χ3v) is 3.30. The summed E-state index contributed by atoms with van der Waals surface area (Å²) >= 11 is 0. The van der Waals surface area contributed by atoms with E-state index in [0.717, 1.165) is 26.2 Å². The Hall–Kier alpha value is -1.67. The summed E-state index contributed by atoms with van der Waals surface area (Å²) in [5.74, 6) is 1.31. The van der Waals surface area contributed by atoms with Crippen molar-refractivity contribution >= 4 is 5.95 Å². The molecule has 5 heteroatoms. The molecule has 1 aromatic rings. The number of nitrogens with zero attached hydrogens (tertiary/aromatic N) is 4. The lowest BCUT2D eigenvalue weighted by atomic mass is 9.99. The third-order valence-electron chi connectivity index (χ3n) is 3.30. The minimum Gasteiger partial charge on any atom is -0.341 e. The van der Waals surface area contributed by atoms with Crippen LogP contribution in [0.5, 0.6) is 0 Å². The predicted molar refractivity (Wildman–Crippen MR) is 70.2 cm³/mol. The van der Waals surface area contributed by atoms with Crippen LogP contribution in [-0.2, 0) is 0 Å². The zero-order valence-electron chi connectivity index (χ0n) is 10.8. The summed E-state index contributed by atoms with van der Waals surface area (Å²) in [7, 11) is 0. The fourth-order valence-corrected chi connectivity index (χ4v) is 2.31. The lowest BCUT2D eigenvalue weighted by Gasteiger charge is -2.29. The Morgan fingerprint density at radius 2 is 2.50 bits per heavy atom.